The third-order valence-electron chi connectivity index (χ3n) is 4.80. The number of carbonyl (C=O) groups is 2. The van der Waals surface area contributed by atoms with E-state index in [-0.39, 0.29) is 0 Å². The van der Waals surface area contributed by atoms with Crippen molar-refractivity contribution in [2.75, 3.05) is 13.1 Å². The summed E-state index contributed by atoms with van der Waals surface area (Å²) in [6, 6.07) is 8.44. The van der Waals surface area contributed by atoms with Crippen molar-refractivity contribution < 1.29 is 18.4 Å². The van der Waals surface area contributed by atoms with Crippen LogP contribution < -0.4 is 5.32 Å². The molecule has 0 bridgehead atoms. The molecule has 1 aromatic heterocycles. The van der Waals surface area contributed by atoms with E-state index in [1.807, 2.05) is 31.2 Å². The van der Waals surface area contributed by atoms with E-state index in [1.54, 1.807) is 23.9 Å². The average Bonchev–Trinajstić information content (AvgIpc) is 3.20. The Labute approximate surface area is 166 Å². The van der Waals surface area contributed by atoms with Gasteiger partial charge in [-0.25, -0.2) is 8.78 Å². The lowest BCUT2D eigenvalue weighted by molar-refractivity contribution is -0.131. The molecule has 1 aliphatic rings. The normalized spacial score (nSPS) is 17.8. The molecule has 0 saturated carbocycles. The first-order chi connectivity index (χ1) is 13.7. The lowest BCUT2D eigenvalue weighted by atomic mass is 10.1. The molecular weight excluding hydrogens is 380 g/mol. The van der Waals surface area contributed by atoms with Crippen LogP contribution in [0.25, 0.3) is 0 Å². The van der Waals surface area contributed by atoms with Gasteiger partial charge in [0, 0.05) is 12.6 Å². The van der Waals surface area contributed by atoms with Gasteiger partial charge in [-0.3, -0.25) is 14.3 Å². The molecule has 1 aromatic carbocycles. The molecule has 3 rings (SSSR count). The topological polar surface area (TPSA) is 91.0 Å². The van der Waals surface area contributed by atoms with Crippen molar-refractivity contribution in [2.24, 2.45) is 0 Å². The molecule has 2 amide bonds. The van der Waals surface area contributed by atoms with Gasteiger partial charge in [-0.1, -0.05) is 29.8 Å². The van der Waals surface area contributed by atoms with Crippen molar-refractivity contribution in [3.63, 3.8) is 0 Å². The Balaban J connectivity index is 1.61. The van der Waals surface area contributed by atoms with E-state index in [2.05, 4.69) is 10.4 Å². The number of aryl methyl sites for hydroxylation is 2. The Morgan fingerprint density at radius 3 is 2.66 bits per heavy atom. The average molecular weight is 401 g/mol. The third-order valence-corrected chi connectivity index (χ3v) is 4.80. The van der Waals surface area contributed by atoms with Crippen molar-refractivity contribution in [2.45, 2.75) is 38.8 Å². The van der Waals surface area contributed by atoms with Gasteiger partial charge in [0.25, 0.3) is 11.8 Å². The number of hydrogen-bond donors (Lipinski definition) is 1. The predicted octanol–water partition coefficient (Wildman–Crippen LogP) is 2.04. The minimum Gasteiger partial charge on any atom is -0.343 e. The van der Waals surface area contributed by atoms with Crippen LogP contribution in [0.3, 0.4) is 0 Å². The highest BCUT2D eigenvalue weighted by Crippen LogP contribution is 2.31. The van der Waals surface area contributed by atoms with Crippen LogP contribution >= 0.6 is 0 Å². The van der Waals surface area contributed by atoms with Crippen LogP contribution in [0.4, 0.5) is 8.78 Å². The number of rotatable bonds is 5. The number of carbonyl (C=O) groups excluding carboxylic acids is 2. The second-order valence-corrected chi connectivity index (χ2v) is 7.22. The van der Waals surface area contributed by atoms with Gasteiger partial charge in [-0.05, 0) is 19.4 Å². The molecule has 0 radical (unpaired) electrons. The molecule has 1 saturated heterocycles. The largest absolute Gasteiger partial charge is 0.343 e. The van der Waals surface area contributed by atoms with Crippen molar-refractivity contribution >= 4 is 11.8 Å². The van der Waals surface area contributed by atoms with Gasteiger partial charge in [-0.2, -0.15) is 10.4 Å². The molecule has 2 aromatic rings. The Bertz CT molecular complexity index is 962. The highest BCUT2D eigenvalue weighted by atomic mass is 19.3. The van der Waals surface area contributed by atoms with Crippen LogP contribution in [0.1, 0.15) is 33.6 Å². The molecule has 0 unspecified atom stereocenters. The van der Waals surface area contributed by atoms with Gasteiger partial charge >= 0.3 is 0 Å². The van der Waals surface area contributed by atoms with E-state index >= 15 is 0 Å². The Morgan fingerprint density at radius 2 is 2.00 bits per heavy atom. The smallest absolute Gasteiger partial charge is 0.268 e. The second-order valence-electron chi connectivity index (χ2n) is 7.22. The fraction of sp³-hybridized carbons (Fsp3) is 0.400. The fourth-order valence-electron chi connectivity index (χ4n) is 3.25. The van der Waals surface area contributed by atoms with Gasteiger partial charge < -0.3 is 10.2 Å². The van der Waals surface area contributed by atoms with E-state index in [1.165, 1.54) is 0 Å². The first-order valence-electron chi connectivity index (χ1n) is 9.13. The maximum atomic E-state index is 13.5. The number of nitrogens with one attached hydrogen (secondary N) is 1. The molecular formula is C20H21F2N5O2. The molecule has 29 heavy (non-hydrogen) atoms. The molecule has 0 aliphatic carbocycles. The summed E-state index contributed by atoms with van der Waals surface area (Å²) in [4.78, 5) is 25.4. The maximum Gasteiger partial charge on any atom is 0.268 e. The standard InChI is InChI=1S/C20H21F2N5O2/c1-13-3-5-15(6-4-13)10-26-11-17(14(2)25-26)19(29)24-9-18(28)27-12-20(21,22)7-16(27)8-23/h3-6,11,16H,7,9-10,12H2,1-2H3,(H,24,29)/t16-/m0/s1. The minimum atomic E-state index is -3.09. The molecule has 152 valence electrons. The van der Waals surface area contributed by atoms with Gasteiger partial charge in [-0.15, -0.1) is 0 Å². The highest BCUT2D eigenvalue weighted by Gasteiger charge is 2.47. The summed E-state index contributed by atoms with van der Waals surface area (Å²) in [6.45, 7) is 2.88. The highest BCUT2D eigenvalue weighted by molar-refractivity contribution is 5.97. The first kappa shape index (κ1) is 20.5. The summed E-state index contributed by atoms with van der Waals surface area (Å²) in [5.74, 6) is -4.33. The van der Waals surface area contributed by atoms with E-state index in [9.17, 15) is 18.4 Å². The van der Waals surface area contributed by atoms with Gasteiger partial charge in [0.15, 0.2) is 0 Å². The van der Waals surface area contributed by atoms with Crippen molar-refractivity contribution in [1.82, 2.24) is 20.0 Å². The van der Waals surface area contributed by atoms with Gasteiger partial charge in [0.05, 0.1) is 37.0 Å². The molecule has 0 spiro atoms. The second kappa shape index (κ2) is 7.99. The summed E-state index contributed by atoms with van der Waals surface area (Å²) in [5.41, 5.74) is 2.96. The van der Waals surface area contributed by atoms with Crippen LogP contribution in [-0.4, -0.2) is 51.5 Å². The summed E-state index contributed by atoms with van der Waals surface area (Å²) < 4.78 is 28.6. The number of halogens is 2. The van der Waals surface area contributed by atoms with E-state index in [0.717, 1.165) is 16.0 Å². The number of alkyl halides is 2. The molecule has 7 nitrogen and oxygen atoms in total. The molecule has 1 atom stereocenters. The zero-order chi connectivity index (χ0) is 21.2. The van der Waals surface area contributed by atoms with Gasteiger partial charge in [0.2, 0.25) is 5.91 Å². The Morgan fingerprint density at radius 1 is 1.31 bits per heavy atom. The van der Waals surface area contributed by atoms with E-state index in [0.29, 0.717) is 17.8 Å². The SMILES string of the molecule is Cc1ccc(Cn2cc(C(=O)NCC(=O)N3CC(F)(F)C[C@H]3C#N)c(C)n2)cc1. The number of hydrogen-bond acceptors (Lipinski definition) is 4. The first-order valence-corrected chi connectivity index (χ1v) is 9.13. The Kier molecular flexibility index (Phi) is 5.64. The van der Waals surface area contributed by atoms with Crippen LogP contribution in [-0.2, 0) is 11.3 Å². The molecule has 9 heteroatoms. The monoisotopic (exact) mass is 401 g/mol. The summed E-state index contributed by atoms with van der Waals surface area (Å²) in [5, 5.41) is 15.7. The van der Waals surface area contributed by atoms with Crippen LogP contribution in [0, 0.1) is 25.2 Å². The minimum absolute atomic E-state index is 0.300. The summed E-state index contributed by atoms with van der Waals surface area (Å²) >= 11 is 0. The van der Waals surface area contributed by atoms with E-state index < -0.39 is 43.3 Å². The summed E-state index contributed by atoms with van der Waals surface area (Å²) in [6.07, 6.45) is 0.894. The van der Waals surface area contributed by atoms with Crippen LogP contribution in [0.5, 0.6) is 0 Å². The molecule has 1 aliphatic heterocycles. The number of aromatic nitrogens is 2. The predicted molar refractivity (Wildman–Crippen MR) is 100 cm³/mol. The lowest BCUT2D eigenvalue weighted by Crippen LogP contribution is -2.43. The quantitative estimate of drug-likeness (QED) is 0.830. The van der Waals surface area contributed by atoms with Crippen molar-refractivity contribution in [3.05, 3.63) is 52.8 Å². The fourth-order valence-corrected chi connectivity index (χ4v) is 3.25. The van der Waals surface area contributed by atoms with Gasteiger partial charge in [0.1, 0.15) is 6.04 Å². The number of nitriles is 1. The van der Waals surface area contributed by atoms with Crippen LogP contribution in [0.2, 0.25) is 0 Å². The van der Waals surface area contributed by atoms with Crippen LogP contribution in [0.15, 0.2) is 30.5 Å². The third kappa shape index (κ3) is 4.77. The maximum absolute atomic E-state index is 13.5. The molecule has 1 fully saturated rings. The number of nitrogens with zero attached hydrogens (tertiary/aromatic N) is 4. The zero-order valence-corrected chi connectivity index (χ0v) is 16.2. The lowest BCUT2D eigenvalue weighted by Gasteiger charge is -2.19. The zero-order valence-electron chi connectivity index (χ0n) is 16.2. The number of benzene rings is 1. The van der Waals surface area contributed by atoms with Crippen molar-refractivity contribution in [3.8, 4) is 6.07 Å². The molecule has 2 heterocycles. The Hall–Kier alpha value is -3.28. The number of likely N-dealkylation sites (tertiary alicyclic amines) is 1. The molecule has 1 N–H and O–H groups in total. The number of amides is 2. The van der Waals surface area contributed by atoms with E-state index in [4.69, 9.17) is 5.26 Å². The summed E-state index contributed by atoms with van der Waals surface area (Å²) in [7, 11) is 0. The van der Waals surface area contributed by atoms with Crippen molar-refractivity contribution in [1.29, 1.82) is 5.26 Å².